The molecule has 0 aromatic heterocycles. The number of halogens is 9. The smallest absolute Gasteiger partial charge is 0.416 e. The Morgan fingerprint density at radius 3 is 2.33 bits per heavy atom. The van der Waals surface area contributed by atoms with Gasteiger partial charge in [0.15, 0.2) is 0 Å². The van der Waals surface area contributed by atoms with Crippen LogP contribution < -0.4 is 14.4 Å². The number of carbonyl (C=O) groups is 1. The molecular weight excluding hydrogens is 636 g/mol. The number of sulfonamides is 1. The Bertz CT molecular complexity index is 1680. The summed E-state index contributed by atoms with van der Waals surface area (Å²) in [6.07, 6.45) is -11.1. The average Bonchev–Trinajstić information content (AvgIpc) is 2.91. The van der Waals surface area contributed by atoms with E-state index < -0.39 is 80.0 Å². The number of amides is 1. The quantitative estimate of drug-likeness (QED) is 0.230. The van der Waals surface area contributed by atoms with E-state index in [1.54, 1.807) is 0 Å². The van der Waals surface area contributed by atoms with E-state index in [-0.39, 0.29) is 22.6 Å². The van der Waals surface area contributed by atoms with Gasteiger partial charge in [-0.2, -0.15) is 26.3 Å². The standard InChI is InChI=1S/C27H21ClF8N2O4S/c1-25(2,27(34,35)36)24(39)37-12-17-13-38(43(40,41)18-5-3-4-15(9-18)26(31,32)33)21-8-14(6-7-22(21)42-17)19-10-16(29)11-20(30)23(19)28/h3-11,17H,12-13H2,1-2H3,(H,37,39). The van der Waals surface area contributed by atoms with E-state index >= 15 is 0 Å². The van der Waals surface area contributed by atoms with Crippen molar-refractivity contribution in [1.29, 1.82) is 0 Å². The molecule has 6 nitrogen and oxygen atoms in total. The third-order valence-electron chi connectivity index (χ3n) is 6.71. The summed E-state index contributed by atoms with van der Waals surface area (Å²) in [6.45, 7) is -0.000565. The van der Waals surface area contributed by atoms with Crippen LogP contribution in [-0.4, -0.2) is 39.7 Å². The number of alkyl halides is 6. The number of hydrogen-bond donors (Lipinski definition) is 1. The molecule has 0 radical (unpaired) electrons. The van der Waals surface area contributed by atoms with Crippen molar-refractivity contribution in [2.75, 3.05) is 17.4 Å². The third kappa shape index (κ3) is 6.37. The van der Waals surface area contributed by atoms with E-state index in [4.69, 9.17) is 16.3 Å². The normalized spacial score (nSPS) is 16.0. The zero-order chi connectivity index (χ0) is 32.1. The zero-order valence-electron chi connectivity index (χ0n) is 22.1. The predicted octanol–water partition coefficient (Wildman–Crippen LogP) is 6.97. The summed E-state index contributed by atoms with van der Waals surface area (Å²) >= 11 is 6.00. The summed E-state index contributed by atoms with van der Waals surface area (Å²) in [5, 5.41) is 1.57. The van der Waals surface area contributed by atoms with Gasteiger partial charge in [-0.15, -0.1) is 0 Å². The Kier molecular flexibility index (Phi) is 8.39. The van der Waals surface area contributed by atoms with Crippen LogP contribution in [0.3, 0.4) is 0 Å². The lowest BCUT2D eigenvalue weighted by Gasteiger charge is -2.36. The molecule has 1 heterocycles. The lowest BCUT2D eigenvalue weighted by Crippen LogP contribution is -2.52. The van der Waals surface area contributed by atoms with Crippen molar-refractivity contribution >= 4 is 33.2 Å². The summed E-state index contributed by atoms with van der Waals surface area (Å²) in [7, 11) is -4.83. The van der Waals surface area contributed by atoms with Gasteiger partial charge in [-0.05, 0) is 55.8 Å². The van der Waals surface area contributed by atoms with Crippen molar-refractivity contribution in [1.82, 2.24) is 5.32 Å². The van der Waals surface area contributed by atoms with Gasteiger partial charge in [-0.3, -0.25) is 9.10 Å². The highest BCUT2D eigenvalue weighted by Crippen LogP contribution is 2.43. The number of hydrogen-bond acceptors (Lipinski definition) is 4. The largest absolute Gasteiger partial charge is 0.484 e. The molecule has 0 spiro atoms. The zero-order valence-corrected chi connectivity index (χ0v) is 23.7. The van der Waals surface area contributed by atoms with Gasteiger partial charge < -0.3 is 10.1 Å². The summed E-state index contributed by atoms with van der Waals surface area (Å²) in [5.41, 5.74) is -4.52. The van der Waals surface area contributed by atoms with Crippen LogP contribution in [0.5, 0.6) is 5.75 Å². The van der Waals surface area contributed by atoms with Crippen LogP contribution in [-0.2, 0) is 21.0 Å². The van der Waals surface area contributed by atoms with Gasteiger partial charge in [-0.25, -0.2) is 17.2 Å². The van der Waals surface area contributed by atoms with Gasteiger partial charge in [-0.1, -0.05) is 23.7 Å². The molecular formula is C27H21ClF8N2O4S. The number of carbonyl (C=O) groups excluding carboxylic acids is 1. The molecule has 1 aliphatic rings. The second kappa shape index (κ2) is 11.2. The number of fused-ring (bicyclic) bond motifs is 1. The number of anilines is 1. The van der Waals surface area contributed by atoms with Gasteiger partial charge in [0.1, 0.15) is 28.9 Å². The van der Waals surface area contributed by atoms with Crippen molar-refractivity contribution in [2.24, 2.45) is 5.41 Å². The first-order valence-corrected chi connectivity index (χ1v) is 14.1. The topological polar surface area (TPSA) is 75.7 Å². The average molecular weight is 657 g/mol. The Hall–Kier alpha value is -3.59. The highest BCUT2D eigenvalue weighted by molar-refractivity contribution is 7.92. The minimum atomic E-state index is -4.91. The number of ether oxygens (including phenoxy) is 1. The van der Waals surface area contributed by atoms with Gasteiger partial charge in [0.05, 0.1) is 34.3 Å². The number of benzene rings is 3. The molecule has 3 aromatic rings. The van der Waals surface area contributed by atoms with Crippen LogP contribution in [0.15, 0.2) is 59.5 Å². The van der Waals surface area contributed by atoms with Gasteiger partial charge in [0.2, 0.25) is 5.91 Å². The maximum atomic E-state index is 14.1. The first kappa shape index (κ1) is 32.3. The van der Waals surface area contributed by atoms with Gasteiger partial charge in [0, 0.05) is 11.6 Å². The molecule has 4 rings (SSSR count). The number of rotatable bonds is 6. The molecule has 0 saturated heterocycles. The van der Waals surface area contributed by atoms with Crippen molar-refractivity contribution in [3.05, 3.63) is 76.8 Å². The molecule has 0 bridgehead atoms. The van der Waals surface area contributed by atoms with Crippen molar-refractivity contribution in [2.45, 2.75) is 37.2 Å². The van der Waals surface area contributed by atoms with E-state index in [9.17, 15) is 48.3 Å². The Morgan fingerprint density at radius 1 is 1.02 bits per heavy atom. The molecule has 232 valence electrons. The maximum absolute atomic E-state index is 14.1. The summed E-state index contributed by atoms with van der Waals surface area (Å²) in [4.78, 5) is 11.5. The highest BCUT2D eigenvalue weighted by Gasteiger charge is 2.53. The molecule has 0 saturated carbocycles. The highest BCUT2D eigenvalue weighted by atomic mass is 35.5. The fraction of sp³-hybridized carbons (Fsp3) is 0.296. The van der Waals surface area contributed by atoms with Crippen molar-refractivity contribution in [3.8, 4) is 16.9 Å². The van der Waals surface area contributed by atoms with Crippen LogP contribution >= 0.6 is 11.6 Å². The summed E-state index contributed by atoms with van der Waals surface area (Å²) in [6, 6.07) is 7.82. The van der Waals surface area contributed by atoms with Crippen molar-refractivity contribution < 1.29 is 53.1 Å². The van der Waals surface area contributed by atoms with Gasteiger partial charge >= 0.3 is 12.4 Å². The van der Waals surface area contributed by atoms with Crippen LogP contribution in [0.2, 0.25) is 5.02 Å². The van der Waals surface area contributed by atoms with E-state index in [1.165, 1.54) is 12.1 Å². The van der Waals surface area contributed by atoms with E-state index in [0.29, 0.717) is 36.4 Å². The van der Waals surface area contributed by atoms with Crippen LogP contribution in [0.25, 0.3) is 11.1 Å². The second-order valence-corrected chi connectivity index (χ2v) is 12.3. The van der Waals surface area contributed by atoms with Gasteiger partial charge in [0.25, 0.3) is 10.0 Å². The van der Waals surface area contributed by atoms with E-state index in [2.05, 4.69) is 5.32 Å². The molecule has 3 aromatic carbocycles. The Balaban J connectivity index is 1.79. The monoisotopic (exact) mass is 656 g/mol. The molecule has 1 N–H and O–H groups in total. The fourth-order valence-electron chi connectivity index (χ4n) is 4.10. The summed E-state index contributed by atoms with van der Waals surface area (Å²) < 4.78 is 142. The van der Waals surface area contributed by atoms with E-state index in [1.807, 2.05) is 0 Å². The summed E-state index contributed by atoms with van der Waals surface area (Å²) in [5.74, 6) is -3.75. The minimum Gasteiger partial charge on any atom is -0.484 e. The SMILES string of the molecule is CC(C)(C(=O)NCC1CN(S(=O)(=O)c2cccc(C(F)(F)F)c2)c2cc(-c3cc(F)cc(F)c3Cl)ccc2O1)C(F)(F)F. The molecule has 1 amide bonds. The fourth-order valence-corrected chi connectivity index (χ4v) is 5.86. The Labute approximate surface area is 245 Å². The lowest BCUT2D eigenvalue weighted by atomic mass is 9.91. The molecule has 1 unspecified atom stereocenters. The van der Waals surface area contributed by atoms with Crippen molar-refractivity contribution in [3.63, 3.8) is 0 Å². The van der Waals surface area contributed by atoms with Crippen LogP contribution in [0.4, 0.5) is 40.8 Å². The first-order valence-electron chi connectivity index (χ1n) is 12.2. The third-order valence-corrected chi connectivity index (χ3v) is 8.87. The predicted molar refractivity (Wildman–Crippen MR) is 140 cm³/mol. The molecule has 1 atom stereocenters. The first-order chi connectivity index (χ1) is 19.7. The number of nitrogens with one attached hydrogen (secondary N) is 1. The molecule has 0 aliphatic carbocycles. The lowest BCUT2D eigenvalue weighted by molar-refractivity contribution is -0.211. The molecule has 0 fully saturated rings. The minimum absolute atomic E-state index is 0.00803. The molecule has 16 heteroatoms. The molecule has 43 heavy (non-hydrogen) atoms. The Morgan fingerprint density at radius 2 is 1.70 bits per heavy atom. The maximum Gasteiger partial charge on any atom is 0.416 e. The van der Waals surface area contributed by atoms with E-state index in [0.717, 1.165) is 24.3 Å². The number of nitrogens with zero attached hydrogens (tertiary/aromatic N) is 1. The molecule has 1 aliphatic heterocycles. The van der Waals surface area contributed by atoms with Crippen LogP contribution in [0, 0.1) is 17.0 Å². The second-order valence-electron chi connectivity index (χ2n) is 10.1. The van der Waals surface area contributed by atoms with Crippen LogP contribution in [0.1, 0.15) is 19.4 Å².